The molecule has 4 nitrogen and oxygen atoms in total. The fourth-order valence-corrected chi connectivity index (χ4v) is 3.22. The van der Waals surface area contributed by atoms with Crippen LogP contribution in [0.4, 0.5) is 11.5 Å². The van der Waals surface area contributed by atoms with Gasteiger partial charge in [-0.05, 0) is 72.8 Å². The highest BCUT2D eigenvalue weighted by Crippen LogP contribution is 2.23. The van der Waals surface area contributed by atoms with Gasteiger partial charge in [-0.15, -0.1) is 11.8 Å². The lowest BCUT2D eigenvalue weighted by Gasteiger charge is -2.08. The van der Waals surface area contributed by atoms with Crippen LogP contribution in [0.25, 0.3) is 10.8 Å². The molecule has 0 aliphatic carbocycles. The van der Waals surface area contributed by atoms with Crippen LogP contribution < -0.4 is 5.32 Å². The Kier molecular flexibility index (Phi) is 5.42. The van der Waals surface area contributed by atoms with E-state index in [2.05, 4.69) is 51.6 Å². The van der Waals surface area contributed by atoms with Crippen molar-refractivity contribution in [2.45, 2.75) is 4.90 Å². The average Bonchev–Trinajstić information content (AvgIpc) is 2.78. The van der Waals surface area contributed by atoms with Gasteiger partial charge in [0.1, 0.15) is 11.5 Å². The predicted octanol–water partition coefficient (Wildman–Crippen LogP) is 5.37. The van der Waals surface area contributed by atoms with Crippen molar-refractivity contribution in [2.75, 3.05) is 11.6 Å². The van der Waals surface area contributed by atoms with E-state index in [0.717, 1.165) is 27.8 Å². The molecule has 0 atom stereocenters. The van der Waals surface area contributed by atoms with E-state index in [1.165, 1.54) is 4.90 Å². The van der Waals surface area contributed by atoms with Crippen molar-refractivity contribution in [3.63, 3.8) is 0 Å². The summed E-state index contributed by atoms with van der Waals surface area (Å²) in [5, 5.41) is 14.2. The van der Waals surface area contributed by atoms with Crippen molar-refractivity contribution < 1.29 is 0 Å². The van der Waals surface area contributed by atoms with E-state index in [9.17, 15) is 0 Å². The first-order chi connectivity index (χ1) is 14.2. The summed E-state index contributed by atoms with van der Waals surface area (Å²) in [7, 11) is 0. The van der Waals surface area contributed by atoms with Gasteiger partial charge in [-0.1, -0.05) is 5.92 Å². The summed E-state index contributed by atoms with van der Waals surface area (Å²) in [6.45, 7) is 0. The van der Waals surface area contributed by atoms with Gasteiger partial charge in [0.2, 0.25) is 0 Å². The van der Waals surface area contributed by atoms with Crippen LogP contribution in [0.2, 0.25) is 0 Å². The molecule has 0 amide bonds. The highest BCUT2D eigenvalue weighted by molar-refractivity contribution is 7.98. The number of pyridine rings is 2. The SMILES string of the molecule is CSc1ccc(Nc2cc3c(C#Cc4ccc(C#N)cc4)nccc3cn2)cc1. The fourth-order valence-electron chi connectivity index (χ4n) is 2.82. The molecule has 4 aromatic rings. The van der Waals surface area contributed by atoms with Crippen LogP contribution in [0.15, 0.2) is 78.0 Å². The first-order valence-electron chi connectivity index (χ1n) is 8.93. The Bertz CT molecular complexity index is 1260. The Morgan fingerprint density at radius 1 is 0.897 bits per heavy atom. The van der Waals surface area contributed by atoms with Crippen LogP contribution in [-0.2, 0) is 0 Å². The molecular weight excluding hydrogens is 376 g/mol. The fraction of sp³-hybridized carbons (Fsp3) is 0.0417. The summed E-state index contributed by atoms with van der Waals surface area (Å²) in [6.07, 6.45) is 5.62. The molecule has 2 aromatic carbocycles. The third-order valence-electron chi connectivity index (χ3n) is 4.35. The molecule has 4 rings (SSSR count). The normalized spacial score (nSPS) is 10.1. The molecule has 0 unspecified atom stereocenters. The average molecular weight is 392 g/mol. The van der Waals surface area contributed by atoms with Crippen LogP contribution in [0.3, 0.4) is 0 Å². The molecule has 0 spiro atoms. The summed E-state index contributed by atoms with van der Waals surface area (Å²) in [5.74, 6) is 7.01. The second-order valence-corrected chi connectivity index (χ2v) is 7.12. The van der Waals surface area contributed by atoms with E-state index < -0.39 is 0 Å². The summed E-state index contributed by atoms with van der Waals surface area (Å²) < 4.78 is 0. The predicted molar refractivity (Wildman–Crippen MR) is 118 cm³/mol. The van der Waals surface area contributed by atoms with Crippen molar-refractivity contribution in [1.29, 1.82) is 5.26 Å². The molecule has 2 aromatic heterocycles. The molecule has 29 heavy (non-hydrogen) atoms. The molecule has 0 saturated heterocycles. The van der Waals surface area contributed by atoms with Crippen molar-refractivity contribution in [1.82, 2.24) is 9.97 Å². The molecular formula is C24H16N4S. The third kappa shape index (κ3) is 4.38. The van der Waals surface area contributed by atoms with E-state index in [0.29, 0.717) is 11.3 Å². The highest BCUT2D eigenvalue weighted by atomic mass is 32.2. The monoisotopic (exact) mass is 392 g/mol. The zero-order valence-corrected chi connectivity index (χ0v) is 16.5. The number of nitriles is 1. The summed E-state index contributed by atoms with van der Waals surface area (Å²) >= 11 is 1.71. The van der Waals surface area contributed by atoms with Gasteiger partial charge < -0.3 is 5.32 Å². The summed E-state index contributed by atoms with van der Waals surface area (Å²) in [4.78, 5) is 10.2. The van der Waals surface area contributed by atoms with Crippen molar-refractivity contribution in [3.05, 3.63) is 89.9 Å². The van der Waals surface area contributed by atoms with Gasteiger partial charge in [-0.2, -0.15) is 5.26 Å². The van der Waals surface area contributed by atoms with Gasteiger partial charge in [0, 0.05) is 39.3 Å². The minimum Gasteiger partial charge on any atom is -0.340 e. The Morgan fingerprint density at radius 3 is 2.38 bits per heavy atom. The third-order valence-corrected chi connectivity index (χ3v) is 5.09. The number of fused-ring (bicyclic) bond motifs is 1. The molecule has 0 saturated carbocycles. The largest absolute Gasteiger partial charge is 0.340 e. The molecule has 0 aliphatic heterocycles. The lowest BCUT2D eigenvalue weighted by molar-refractivity contribution is 1.29. The lowest BCUT2D eigenvalue weighted by Crippen LogP contribution is -1.95. The summed E-state index contributed by atoms with van der Waals surface area (Å²) in [6, 6.07) is 21.4. The number of nitrogens with one attached hydrogen (secondary N) is 1. The Morgan fingerprint density at radius 2 is 1.66 bits per heavy atom. The number of thioether (sulfide) groups is 1. The molecule has 0 bridgehead atoms. The number of aromatic nitrogens is 2. The van der Waals surface area contributed by atoms with Crippen LogP contribution >= 0.6 is 11.8 Å². The van der Waals surface area contributed by atoms with Gasteiger partial charge in [0.25, 0.3) is 0 Å². The zero-order valence-electron chi connectivity index (χ0n) is 15.7. The highest BCUT2D eigenvalue weighted by Gasteiger charge is 2.04. The topological polar surface area (TPSA) is 61.6 Å². The molecule has 0 radical (unpaired) electrons. The minimum absolute atomic E-state index is 0.617. The van der Waals surface area contributed by atoms with Crippen molar-refractivity contribution in [2.24, 2.45) is 0 Å². The molecule has 0 fully saturated rings. The quantitative estimate of drug-likeness (QED) is 0.375. The number of hydrogen-bond acceptors (Lipinski definition) is 5. The lowest BCUT2D eigenvalue weighted by atomic mass is 10.1. The Hall–Kier alpha value is -3.80. The van der Waals surface area contributed by atoms with Gasteiger partial charge in [0.05, 0.1) is 11.6 Å². The number of rotatable bonds is 3. The maximum Gasteiger partial charge on any atom is 0.131 e. The first kappa shape index (κ1) is 18.6. The second-order valence-electron chi connectivity index (χ2n) is 6.24. The maximum atomic E-state index is 8.90. The number of hydrogen-bond donors (Lipinski definition) is 1. The number of nitrogens with zero attached hydrogens (tertiary/aromatic N) is 3. The number of anilines is 2. The summed E-state index contributed by atoms with van der Waals surface area (Å²) in [5.41, 5.74) is 3.12. The van der Waals surface area contributed by atoms with Crippen LogP contribution in [-0.4, -0.2) is 16.2 Å². The zero-order chi connectivity index (χ0) is 20.1. The van der Waals surface area contributed by atoms with E-state index >= 15 is 0 Å². The van der Waals surface area contributed by atoms with Gasteiger partial charge >= 0.3 is 0 Å². The first-order valence-corrected chi connectivity index (χ1v) is 10.2. The molecule has 1 N–H and O–H groups in total. The molecule has 2 heterocycles. The number of benzene rings is 2. The smallest absolute Gasteiger partial charge is 0.131 e. The van der Waals surface area contributed by atoms with E-state index in [1.807, 2.05) is 42.6 Å². The Balaban J connectivity index is 1.65. The minimum atomic E-state index is 0.617. The van der Waals surface area contributed by atoms with Crippen LogP contribution in [0, 0.1) is 23.2 Å². The van der Waals surface area contributed by atoms with E-state index in [-0.39, 0.29) is 0 Å². The molecule has 5 heteroatoms. The van der Waals surface area contributed by atoms with E-state index in [1.54, 1.807) is 30.1 Å². The molecule has 138 valence electrons. The van der Waals surface area contributed by atoms with Gasteiger partial charge in [0.15, 0.2) is 0 Å². The van der Waals surface area contributed by atoms with Crippen molar-refractivity contribution >= 4 is 34.0 Å². The van der Waals surface area contributed by atoms with Crippen molar-refractivity contribution in [3.8, 4) is 17.9 Å². The van der Waals surface area contributed by atoms with E-state index in [4.69, 9.17) is 5.26 Å². The maximum absolute atomic E-state index is 8.90. The van der Waals surface area contributed by atoms with Crippen LogP contribution in [0.1, 0.15) is 16.8 Å². The standard InChI is InChI=1S/C24H16N4S/c1-29-21-9-7-20(8-10-21)28-24-14-22-19(16-27-24)12-13-26-23(22)11-6-17-2-4-18(15-25)5-3-17/h2-5,7-10,12-14,16H,1H3,(H,27,28). The van der Waals surface area contributed by atoms with Crippen LogP contribution in [0.5, 0.6) is 0 Å². The molecule has 0 aliphatic rings. The van der Waals surface area contributed by atoms with Gasteiger partial charge in [-0.25, -0.2) is 9.97 Å². The van der Waals surface area contributed by atoms with Gasteiger partial charge in [-0.3, -0.25) is 0 Å². The second kappa shape index (κ2) is 8.48. The Labute approximate surface area is 173 Å².